The van der Waals surface area contributed by atoms with Gasteiger partial charge in [0.15, 0.2) is 11.6 Å². The van der Waals surface area contributed by atoms with Gasteiger partial charge in [-0.1, -0.05) is 6.07 Å². The molecule has 1 aliphatic rings. The maximum absolute atomic E-state index is 11.6. The van der Waals surface area contributed by atoms with Crippen LogP contribution in [0.3, 0.4) is 0 Å². The molecule has 1 fully saturated rings. The lowest BCUT2D eigenvalue weighted by atomic mass is 10.2. The zero-order chi connectivity index (χ0) is 11.3. The van der Waals surface area contributed by atoms with Gasteiger partial charge in [-0.25, -0.2) is 4.98 Å². The van der Waals surface area contributed by atoms with Crippen LogP contribution in [0.15, 0.2) is 18.2 Å². The zero-order valence-corrected chi connectivity index (χ0v) is 9.53. The molecule has 1 aromatic heterocycles. The lowest BCUT2D eigenvalue weighted by Gasteiger charge is -2.04. The first-order chi connectivity index (χ1) is 7.66. The number of rotatable bonds is 2. The molecule has 1 aromatic carbocycles. The minimum atomic E-state index is 0.0563. The molecular weight excluding hydrogens is 200 g/mol. The Kier molecular flexibility index (Phi) is 1.90. The number of nitrogens with zero attached hydrogens (tertiary/aromatic N) is 2. The zero-order valence-electron chi connectivity index (χ0n) is 9.53. The van der Waals surface area contributed by atoms with E-state index in [0.29, 0.717) is 11.9 Å². The Bertz CT molecular complexity index is 579. The van der Waals surface area contributed by atoms with Crippen LogP contribution in [-0.2, 0) is 0 Å². The molecule has 1 aliphatic carbocycles. The summed E-state index contributed by atoms with van der Waals surface area (Å²) in [6.45, 7) is 3.63. The third kappa shape index (κ3) is 1.35. The molecule has 0 aliphatic heterocycles. The number of carbonyl (C=O) groups is 1. The summed E-state index contributed by atoms with van der Waals surface area (Å²) in [6, 6.07) is 6.68. The van der Waals surface area contributed by atoms with E-state index in [9.17, 15) is 4.79 Å². The largest absolute Gasteiger partial charge is 0.318 e. The highest BCUT2D eigenvalue weighted by atomic mass is 16.1. The van der Waals surface area contributed by atoms with Crippen LogP contribution < -0.4 is 0 Å². The van der Waals surface area contributed by atoms with Gasteiger partial charge in [-0.2, -0.15) is 0 Å². The summed E-state index contributed by atoms with van der Waals surface area (Å²) >= 11 is 0. The van der Waals surface area contributed by atoms with Gasteiger partial charge in [0.2, 0.25) is 0 Å². The number of ketones is 1. The summed E-state index contributed by atoms with van der Waals surface area (Å²) in [6.07, 6.45) is 2.33. The first-order valence-electron chi connectivity index (χ1n) is 5.66. The highest BCUT2D eigenvalue weighted by molar-refractivity contribution is 5.95. The average molecular weight is 214 g/mol. The summed E-state index contributed by atoms with van der Waals surface area (Å²) in [4.78, 5) is 16.0. The van der Waals surface area contributed by atoms with E-state index in [1.54, 1.807) is 6.92 Å². The predicted octanol–water partition coefficient (Wildman–Crippen LogP) is 2.88. The minimum Gasteiger partial charge on any atom is -0.318 e. The predicted molar refractivity (Wildman–Crippen MR) is 62.7 cm³/mol. The van der Waals surface area contributed by atoms with Crippen molar-refractivity contribution in [1.82, 2.24) is 9.55 Å². The Morgan fingerprint density at radius 1 is 1.44 bits per heavy atom. The standard InChI is InChI=1S/C13H14N2O/c1-8-3-6-12-11(7-8)14-13(9(2)16)15(12)10-4-5-10/h3,6-7,10H,4-5H2,1-2H3. The molecule has 0 amide bonds. The lowest BCUT2D eigenvalue weighted by Crippen LogP contribution is -2.05. The van der Waals surface area contributed by atoms with Gasteiger partial charge in [0.1, 0.15) is 0 Å². The van der Waals surface area contributed by atoms with Crippen molar-refractivity contribution in [3.8, 4) is 0 Å². The Morgan fingerprint density at radius 2 is 2.19 bits per heavy atom. The Labute approximate surface area is 94.1 Å². The number of fused-ring (bicyclic) bond motifs is 1. The number of aryl methyl sites for hydroxylation is 1. The smallest absolute Gasteiger partial charge is 0.195 e. The first kappa shape index (κ1) is 9.58. The number of Topliss-reactive ketones (excluding diaryl/α,β-unsaturated/α-hetero) is 1. The monoisotopic (exact) mass is 214 g/mol. The van der Waals surface area contributed by atoms with Gasteiger partial charge in [0.25, 0.3) is 0 Å². The SMILES string of the molecule is CC(=O)c1nc2cc(C)ccc2n1C1CC1. The van der Waals surface area contributed by atoms with Gasteiger partial charge in [-0.05, 0) is 37.5 Å². The Hall–Kier alpha value is -1.64. The van der Waals surface area contributed by atoms with E-state index >= 15 is 0 Å². The minimum absolute atomic E-state index is 0.0563. The van der Waals surface area contributed by atoms with Gasteiger partial charge < -0.3 is 4.57 Å². The number of imidazole rings is 1. The number of hydrogen-bond donors (Lipinski definition) is 0. The normalized spacial score (nSPS) is 15.6. The molecule has 1 heterocycles. The number of aromatic nitrogens is 2. The van der Waals surface area contributed by atoms with Gasteiger partial charge in [0.05, 0.1) is 11.0 Å². The fourth-order valence-electron chi connectivity index (χ4n) is 2.16. The molecule has 3 nitrogen and oxygen atoms in total. The lowest BCUT2D eigenvalue weighted by molar-refractivity contribution is 0.1000. The van der Waals surface area contributed by atoms with Crippen LogP contribution in [0.25, 0.3) is 11.0 Å². The van der Waals surface area contributed by atoms with Crippen molar-refractivity contribution < 1.29 is 4.79 Å². The van der Waals surface area contributed by atoms with Crippen molar-refractivity contribution in [2.45, 2.75) is 32.7 Å². The number of benzene rings is 1. The van der Waals surface area contributed by atoms with Crippen LogP contribution in [-0.4, -0.2) is 15.3 Å². The van der Waals surface area contributed by atoms with Crippen LogP contribution >= 0.6 is 0 Å². The second-order valence-corrected chi connectivity index (χ2v) is 4.58. The molecule has 82 valence electrons. The molecule has 0 radical (unpaired) electrons. The van der Waals surface area contributed by atoms with Crippen LogP contribution in [0.5, 0.6) is 0 Å². The Balaban J connectivity index is 2.32. The summed E-state index contributed by atoms with van der Waals surface area (Å²) in [5.74, 6) is 0.670. The Morgan fingerprint density at radius 3 is 2.81 bits per heavy atom. The number of hydrogen-bond acceptors (Lipinski definition) is 2. The molecule has 0 unspecified atom stereocenters. The number of carbonyl (C=O) groups excluding carboxylic acids is 1. The van der Waals surface area contributed by atoms with E-state index in [1.165, 1.54) is 18.4 Å². The third-order valence-electron chi connectivity index (χ3n) is 3.07. The second-order valence-electron chi connectivity index (χ2n) is 4.58. The summed E-state index contributed by atoms with van der Waals surface area (Å²) in [7, 11) is 0. The van der Waals surface area contributed by atoms with Crippen molar-refractivity contribution in [1.29, 1.82) is 0 Å². The van der Waals surface area contributed by atoms with Crippen molar-refractivity contribution >= 4 is 16.8 Å². The molecule has 0 saturated heterocycles. The fourth-order valence-corrected chi connectivity index (χ4v) is 2.16. The van der Waals surface area contributed by atoms with E-state index in [1.807, 2.05) is 13.0 Å². The average Bonchev–Trinajstić information content (AvgIpc) is 2.99. The molecule has 16 heavy (non-hydrogen) atoms. The molecule has 3 rings (SSSR count). The first-order valence-corrected chi connectivity index (χ1v) is 5.66. The van der Waals surface area contributed by atoms with Gasteiger partial charge >= 0.3 is 0 Å². The third-order valence-corrected chi connectivity index (χ3v) is 3.07. The van der Waals surface area contributed by atoms with E-state index in [0.717, 1.165) is 11.0 Å². The highest BCUT2D eigenvalue weighted by Crippen LogP contribution is 2.38. The van der Waals surface area contributed by atoms with E-state index in [-0.39, 0.29) is 5.78 Å². The second kappa shape index (κ2) is 3.17. The van der Waals surface area contributed by atoms with E-state index in [4.69, 9.17) is 0 Å². The molecule has 2 aromatic rings. The maximum atomic E-state index is 11.6. The molecule has 0 spiro atoms. The van der Waals surface area contributed by atoms with E-state index < -0.39 is 0 Å². The summed E-state index contributed by atoms with van der Waals surface area (Å²) in [5.41, 5.74) is 3.22. The molecule has 1 saturated carbocycles. The van der Waals surface area contributed by atoms with Crippen molar-refractivity contribution in [3.63, 3.8) is 0 Å². The van der Waals surface area contributed by atoms with Crippen molar-refractivity contribution in [2.24, 2.45) is 0 Å². The summed E-state index contributed by atoms with van der Waals surface area (Å²) < 4.78 is 2.11. The molecular formula is C13H14N2O. The van der Waals surface area contributed by atoms with Crippen LogP contribution in [0.1, 0.15) is 42.0 Å². The van der Waals surface area contributed by atoms with Crippen molar-refractivity contribution in [2.75, 3.05) is 0 Å². The fraction of sp³-hybridized carbons (Fsp3) is 0.385. The van der Waals surface area contributed by atoms with Gasteiger partial charge in [-0.15, -0.1) is 0 Å². The van der Waals surface area contributed by atoms with E-state index in [2.05, 4.69) is 21.7 Å². The molecule has 3 heteroatoms. The maximum Gasteiger partial charge on any atom is 0.195 e. The van der Waals surface area contributed by atoms with Crippen LogP contribution in [0, 0.1) is 6.92 Å². The molecule has 0 N–H and O–H groups in total. The van der Waals surface area contributed by atoms with Gasteiger partial charge in [-0.3, -0.25) is 4.79 Å². The summed E-state index contributed by atoms with van der Waals surface area (Å²) in [5, 5.41) is 0. The van der Waals surface area contributed by atoms with Crippen molar-refractivity contribution in [3.05, 3.63) is 29.6 Å². The quantitative estimate of drug-likeness (QED) is 0.720. The highest BCUT2D eigenvalue weighted by Gasteiger charge is 2.29. The van der Waals surface area contributed by atoms with Crippen LogP contribution in [0.2, 0.25) is 0 Å². The molecule has 0 atom stereocenters. The molecule has 0 bridgehead atoms. The topological polar surface area (TPSA) is 34.9 Å². The van der Waals surface area contributed by atoms with Gasteiger partial charge in [0, 0.05) is 13.0 Å². The van der Waals surface area contributed by atoms with Crippen LogP contribution in [0.4, 0.5) is 0 Å².